The third kappa shape index (κ3) is 80.3. The average Bonchev–Trinajstić information content (AvgIpc) is 1.01. The van der Waals surface area contributed by atoms with Crippen molar-refractivity contribution >= 4 is 33.6 Å². The zero-order chi connectivity index (χ0) is 76.6. The highest BCUT2D eigenvalue weighted by Crippen LogP contribution is 2.45. The van der Waals surface area contributed by atoms with E-state index in [9.17, 15) is 43.5 Å². The molecule has 18 heteroatoms. The molecule has 4 N–H and O–H groups in total. The molecule has 5 unspecified atom stereocenters. The van der Waals surface area contributed by atoms with E-state index in [0.29, 0.717) is 19.3 Å². The quantitative estimate of drug-likeness (QED) is 0.0146. The lowest BCUT2D eigenvalue weighted by molar-refractivity contribution is -0.161. The van der Waals surface area contributed by atoms with Gasteiger partial charge in [0.1, 0.15) is 25.4 Å². The number of aliphatic hydroxyl groups is 2. The minimum absolute atomic E-state index is 0.0812. The van der Waals surface area contributed by atoms with Crippen LogP contribution in [0.25, 0.3) is 0 Å². The van der Waals surface area contributed by atoms with Crippen molar-refractivity contribution in [3.8, 4) is 0 Å². The Balaban J connectivity index is 4.56. The Morgan fingerprint density at radius 3 is 0.800 bits per heavy atom. The third-order valence-corrected chi connectivity index (χ3v) is 18.9. The molecule has 0 rings (SSSR count). The lowest BCUT2D eigenvalue weighted by Crippen LogP contribution is -2.30. The zero-order valence-electron chi connectivity index (χ0n) is 65.9. The van der Waals surface area contributed by atoms with Gasteiger partial charge in [0.25, 0.3) is 0 Å². The minimum Gasteiger partial charge on any atom is -0.463 e. The van der Waals surface area contributed by atoms with Crippen LogP contribution in [0.15, 0.2) is 146 Å². The summed E-state index contributed by atoms with van der Waals surface area (Å²) in [6.07, 6.45) is 97.5. The molecular weight excluding hydrogens is 1360 g/mol. The molecule has 0 bridgehead atoms. The van der Waals surface area contributed by atoms with Crippen LogP contribution in [-0.2, 0) is 55.8 Å². The Labute approximate surface area is 638 Å². The lowest BCUT2D eigenvalue weighted by atomic mass is 10.0. The molecular formula is C87H148O16P2. The first kappa shape index (κ1) is 100. The Kier molecular flexibility index (Phi) is 75.6. The molecule has 0 radical (unpaired) electrons. The summed E-state index contributed by atoms with van der Waals surface area (Å²) in [6.45, 7) is 2.49. The number of carbonyl (C=O) groups is 3. The molecule has 0 aliphatic carbocycles. The van der Waals surface area contributed by atoms with Crippen molar-refractivity contribution in [3.05, 3.63) is 146 Å². The second kappa shape index (κ2) is 79.0. The Bertz CT molecular complexity index is 2490. The molecule has 0 saturated heterocycles. The summed E-state index contributed by atoms with van der Waals surface area (Å²) in [6, 6.07) is 0. The zero-order valence-corrected chi connectivity index (χ0v) is 67.6. The third-order valence-electron chi connectivity index (χ3n) is 17.0. The lowest BCUT2D eigenvalue weighted by Gasteiger charge is -2.21. The van der Waals surface area contributed by atoms with Gasteiger partial charge >= 0.3 is 33.6 Å². The molecule has 0 spiro atoms. The monoisotopic (exact) mass is 1510 g/mol. The van der Waals surface area contributed by atoms with E-state index in [0.717, 1.165) is 167 Å². The van der Waals surface area contributed by atoms with E-state index >= 15 is 0 Å². The van der Waals surface area contributed by atoms with E-state index in [2.05, 4.69) is 167 Å². The maximum Gasteiger partial charge on any atom is 0.472 e. The van der Waals surface area contributed by atoms with Crippen LogP contribution < -0.4 is 0 Å². The van der Waals surface area contributed by atoms with Gasteiger partial charge in [0.2, 0.25) is 0 Å². The number of hydrogen-bond donors (Lipinski definition) is 4. The van der Waals surface area contributed by atoms with Gasteiger partial charge in [0, 0.05) is 19.3 Å². The molecule has 0 aromatic rings. The van der Waals surface area contributed by atoms with Crippen LogP contribution in [0.5, 0.6) is 0 Å². The first-order valence-corrected chi connectivity index (χ1v) is 44.1. The van der Waals surface area contributed by atoms with Crippen LogP contribution in [0.2, 0.25) is 0 Å². The average molecular weight is 1510 g/mol. The van der Waals surface area contributed by atoms with Gasteiger partial charge in [0.05, 0.1) is 26.4 Å². The highest BCUT2D eigenvalue weighted by atomic mass is 31.2. The number of rotatable bonds is 77. The van der Waals surface area contributed by atoms with Crippen LogP contribution in [0.4, 0.5) is 0 Å². The van der Waals surface area contributed by atoms with Crippen LogP contribution in [-0.4, -0.2) is 95.9 Å². The molecule has 16 nitrogen and oxygen atoms in total. The number of hydrogen-bond acceptors (Lipinski definition) is 14. The summed E-state index contributed by atoms with van der Waals surface area (Å²) in [5.41, 5.74) is 0. The van der Waals surface area contributed by atoms with Gasteiger partial charge in [-0.1, -0.05) is 308 Å². The van der Waals surface area contributed by atoms with Gasteiger partial charge in [0.15, 0.2) is 6.10 Å². The van der Waals surface area contributed by atoms with Gasteiger partial charge in [-0.05, 0) is 148 Å². The molecule has 602 valence electrons. The van der Waals surface area contributed by atoms with Crippen molar-refractivity contribution in [3.63, 3.8) is 0 Å². The number of ether oxygens (including phenoxy) is 3. The van der Waals surface area contributed by atoms with E-state index in [1.807, 2.05) is 0 Å². The first-order chi connectivity index (χ1) is 51.2. The van der Waals surface area contributed by atoms with Crippen LogP contribution >= 0.6 is 15.6 Å². The molecule has 0 heterocycles. The van der Waals surface area contributed by atoms with Crippen molar-refractivity contribution in [2.24, 2.45) is 0 Å². The fourth-order valence-electron chi connectivity index (χ4n) is 10.8. The fraction of sp³-hybridized carbons (Fsp3) is 0.690. The fourth-order valence-corrected chi connectivity index (χ4v) is 12.4. The second-order valence-corrected chi connectivity index (χ2v) is 30.1. The molecule has 0 aliphatic heterocycles. The maximum absolute atomic E-state index is 13.0. The van der Waals surface area contributed by atoms with Crippen molar-refractivity contribution in [1.29, 1.82) is 0 Å². The Morgan fingerprint density at radius 1 is 0.276 bits per heavy atom. The Morgan fingerprint density at radius 2 is 0.505 bits per heavy atom. The summed E-state index contributed by atoms with van der Waals surface area (Å²) < 4.78 is 61.2. The van der Waals surface area contributed by atoms with Crippen LogP contribution in [0.3, 0.4) is 0 Å². The molecule has 0 aliphatic rings. The van der Waals surface area contributed by atoms with Crippen LogP contribution in [0.1, 0.15) is 329 Å². The predicted octanol–water partition coefficient (Wildman–Crippen LogP) is 24.4. The van der Waals surface area contributed by atoms with E-state index in [1.54, 1.807) is 0 Å². The van der Waals surface area contributed by atoms with Gasteiger partial charge in [-0.2, -0.15) is 0 Å². The number of unbranched alkanes of at least 4 members (excludes halogenated alkanes) is 30. The van der Waals surface area contributed by atoms with E-state index in [-0.39, 0.29) is 19.3 Å². The summed E-state index contributed by atoms with van der Waals surface area (Å²) in [5, 5.41) is 20.7. The number of carbonyl (C=O) groups excluding carboxylic acids is 3. The van der Waals surface area contributed by atoms with E-state index in [4.69, 9.17) is 32.3 Å². The molecule has 0 aromatic carbocycles. The standard InChI is InChI=1S/C87H148O16P2/c1-4-7-10-13-16-19-22-25-28-30-32-34-36-38-39-40-41-43-45-46-48-50-53-55-58-61-64-67-70-73-85(90)97-76-82(88)77-99-104(93,94)100-78-83(89)79-101-105(95,96)102-81-84(103-87(92)75-72-69-66-63-60-57-52-27-24-21-18-15-12-9-6-3)80-98-86(91)74-71-68-65-62-59-56-54-51-49-47-44-42-37-35-33-31-29-26-23-20-17-14-11-8-5-2/h8,11,16-21,25-29,32-35,38-39,42,44,49,51-52,82-84,88-89H,4-7,9-10,12-15,22-24,30-31,36-37,40-41,43,45-48,50,53-81H2,1-3H3,(H,93,94)(H,95,96)/b11-8-,19-16-,20-17-,21-18-,28-25-,29-26-,34-32-,35-33-,39-38-,44-42-,51-49-,52-27-. The molecule has 0 saturated carbocycles. The molecule has 105 heavy (non-hydrogen) atoms. The first-order valence-electron chi connectivity index (χ1n) is 41.1. The highest BCUT2D eigenvalue weighted by molar-refractivity contribution is 7.47. The normalized spacial score (nSPS) is 14.7. The SMILES string of the molecule is CC/C=C\C/C=C\C/C=C\C/C=C\C/C=C\C/C=C\CCCCCCCCC(=O)OCC(COP(=O)(O)OCC(O)COP(=O)(O)OCC(O)COC(=O)CCCCCCCCCCCCCCC/C=C\C/C=C\C/C=C\C/C=C\CCCCC)OC(=O)CCCCCCC/C=C\C/C=C\CCCCC. The molecule has 0 aromatic heterocycles. The van der Waals surface area contributed by atoms with Gasteiger partial charge in [-0.25, -0.2) is 9.13 Å². The molecule has 5 atom stereocenters. The predicted molar refractivity (Wildman–Crippen MR) is 436 cm³/mol. The van der Waals surface area contributed by atoms with E-state index in [1.165, 1.54) is 103 Å². The van der Waals surface area contributed by atoms with Crippen molar-refractivity contribution in [1.82, 2.24) is 0 Å². The van der Waals surface area contributed by atoms with Gasteiger partial charge in [-0.3, -0.25) is 32.5 Å². The topological polar surface area (TPSA) is 231 Å². The largest absolute Gasteiger partial charge is 0.472 e. The van der Waals surface area contributed by atoms with Crippen molar-refractivity contribution in [2.75, 3.05) is 39.6 Å². The summed E-state index contributed by atoms with van der Waals surface area (Å²) in [7, 11) is -9.81. The van der Waals surface area contributed by atoms with Gasteiger partial charge in [-0.15, -0.1) is 0 Å². The smallest absolute Gasteiger partial charge is 0.463 e. The number of phosphoric acid groups is 2. The maximum atomic E-state index is 13.0. The summed E-state index contributed by atoms with van der Waals surface area (Å²) in [4.78, 5) is 58.7. The second-order valence-electron chi connectivity index (χ2n) is 27.2. The number of aliphatic hydroxyl groups excluding tert-OH is 2. The number of phosphoric ester groups is 2. The van der Waals surface area contributed by atoms with Crippen LogP contribution in [0, 0.1) is 0 Å². The Hall–Kier alpha value is -4.57. The molecule has 0 amide bonds. The van der Waals surface area contributed by atoms with Gasteiger partial charge < -0.3 is 34.2 Å². The number of allylic oxidation sites excluding steroid dienone is 24. The minimum atomic E-state index is -4.94. The number of esters is 3. The summed E-state index contributed by atoms with van der Waals surface area (Å²) in [5.74, 6) is -1.61. The van der Waals surface area contributed by atoms with E-state index < -0.39 is 91.5 Å². The van der Waals surface area contributed by atoms with Crippen molar-refractivity contribution < 1.29 is 75.8 Å². The van der Waals surface area contributed by atoms with Crippen molar-refractivity contribution in [2.45, 2.75) is 347 Å². The molecule has 0 fully saturated rings. The summed E-state index contributed by atoms with van der Waals surface area (Å²) >= 11 is 0. The highest BCUT2D eigenvalue weighted by Gasteiger charge is 2.29.